The highest BCUT2D eigenvalue weighted by atomic mass is 16.6. The minimum Gasteiger partial charge on any atom is -0.493 e. The van der Waals surface area contributed by atoms with Gasteiger partial charge in [-0.25, -0.2) is 15.0 Å². The van der Waals surface area contributed by atoms with E-state index < -0.39 is 0 Å². The van der Waals surface area contributed by atoms with Gasteiger partial charge in [0.15, 0.2) is 23.3 Å². The number of imidazole rings is 1. The zero-order valence-electron chi connectivity index (χ0n) is 20.2. The monoisotopic (exact) mass is 489 g/mol. The number of aromatic nitrogens is 4. The minimum atomic E-state index is -0.293. The first-order valence-corrected chi connectivity index (χ1v) is 11.9. The van der Waals surface area contributed by atoms with Crippen LogP contribution in [0.3, 0.4) is 0 Å². The summed E-state index contributed by atoms with van der Waals surface area (Å²) in [5.74, 6) is 2.39. The van der Waals surface area contributed by atoms with Crippen molar-refractivity contribution in [2.24, 2.45) is 0 Å². The summed E-state index contributed by atoms with van der Waals surface area (Å²) in [6.07, 6.45) is 5.17. The second kappa shape index (κ2) is 9.54. The van der Waals surface area contributed by atoms with Gasteiger partial charge < -0.3 is 33.2 Å². The van der Waals surface area contributed by atoms with Crippen LogP contribution in [0.5, 0.6) is 23.1 Å². The number of nitrogens with zero attached hydrogens (tertiary/aromatic N) is 5. The van der Waals surface area contributed by atoms with Gasteiger partial charge in [-0.3, -0.25) is 0 Å². The molecule has 0 N–H and O–H groups in total. The molecule has 2 aliphatic heterocycles. The van der Waals surface area contributed by atoms with Gasteiger partial charge >= 0.3 is 0 Å². The molecular formula is C26H27N5O5. The number of benzene rings is 1. The van der Waals surface area contributed by atoms with Gasteiger partial charge in [0.1, 0.15) is 12.1 Å². The molecule has 5 heterocycles. The quantitative estimate of drug-likeness (QED) is 0.405. The van der Waals surface area contributed by atoms with Crippen molar-refractivity contribution in [3.8, 4) is 23.1 Å². The third kappa shape index (κ3) is 4.24. The van der Waals surface area contributed by atoms with E-state index in [0.29, 0.717) is 36.3 Å². The molecule has 36 heavy (non-hydrogen) atoms. The summed E-state index contributed by atoms with van der Waals surface area (Å²) >= 11 is 0. The lowest BCUT2D eigenvalue weighted by molar-refractivity contribution is 0.0867. The first-order chi connectivity index (χ1) is 17.7. The molecule has 1 saturated heterocycles. The molecule has 0 amide bonds. The van der Waals surface area contributed by atoms with Crippen LogP contribution in [0.15, 0.2) is 49.1 Å². The molecule has 1 fully saturated rings. The van der Waals surface area contributed by atoms with Crippen LogP contribution in [0, 0.1) is 0 Å². The number of morpholine rings is 1. The van der Waals surface area contributed by atoms with E-state index in [1.54, 1.807) is 20.4 Å². The molecule has 0 bridgehead atoms. The summed E-state index contributed by atoms with van der Waals surface area (Å²) in [5.41, 5.74) is 4.66. The molecular weight excluding hydrogens is 462 g/mol. The number of methoxy groups -OCH3 is 2. The molecule has 186 valence electrons. The second-order valence-electron chi connectivity index (χ2n) is 8.68. The highest BCUT2D eigenvalue weighted by molar-refractivity contribution is 5.75. The summed E-state index contributed by atoms with van der Waals surface area (Å²) in [7, 11) is 3.22. The van der Waals surface area contributed by atoms with Crippen molar-refractivity contribution in [1.82, 2.24) is 19.5 Å². The van der Waals surface area contributed by atoms with E-state index in [-0.39, 0.29) is 6.10 Å². The van der Waals surface area contributed by atoms with Crippen LogP contribution in [0.2, 0.25) is 0 Å². The van der Waals surface area contributed by atoms with Gasteiger partial charge in [-0.1, -0.05) is 0 Å². The average molecular weight is 490 g/mol. The Morgan fingerprint density at radius 1 is 1.00 bits per heavy atom. The Morgan fingerprint density at radius 2 is 1.89 bits per heavy atom. The van der Waals surface area contributed by atoms with Crippen molar-refractivity contribution in [2.75, 3.05) is 52.0 Å². The summed E-state index contributed by atoms with van der Waals surface area (Å²) in [5, 5.41) is 0. The van der Waals surface area contributed by atoms with Crippen LogP contribution in [0.25, 0.3) is 11.2 Å². The van der Waals surface area contributed by atoms with E-state index in [9.17, 15) is 0 Å². The third-order valence-corrected chi connectivity index (χ3v) is 6.46. The van der Waals surface area contributed by atoms with Crippen molar-refractivity contribution in [2.45, 2.75) is 12.6 Å². The van der Waals surface area contributed by atoms with E-state index in [0.717, 1.165) is 54.3 Å². The molecule has 1 aromatic carbocycles. The van der Waals surface area contributed by atoms with Gasteiger partial charge in [0.05, 0.1) is 52.2 Å². The second-order valence-corrected chi connectivity index (χ2v) is 8.68. The molecule has 1 atom stereocenters. The fourth-order valence-corrected chi connectivity index (χ4v) is 4.55. The van der Waals surface area contributed by atoms with Crippen LogP contribution in [-0.2, 0) is 11.3 Å². The number of pyridine rings is 2. The average Bonchev–Trinajstić information content (AvgIpc) is 3.34. The van der Waals surface area contributed by atoms with E-state index in [4.69, 9.17) is 28.7 Å². The first-order valence-electron chi connectivity index (χ1n) is 11.9. The number of ether oxygens (including phenoxy) is 5. The van der Waals surface area contributed by atoms with Gasteiger partial charge in [0.2, 0.25) is 11.6 Å². The van der Waals surface area contributed by atoms with E-state index in [1.807, 2.05) is 41.4 Å². The van der Waals surface area contributed by atoms with E-state index in [1.165, 1.54) is 0 Å². The van der Waals surface area contributed by atoms with Crippen LogP contribution >= 0.6 is 0 Å². The van der Waals surface area contributed by atoms with E-state index in [2.05, 4.69) is 20.9 Å². The number of anilines is 1. The number of hydrogen-bond acceptors (Lipinski definition) is 9. The van der Waals surface area contributed by atoms with Crippen LogP contribution < -0.4 is 23.8 Å². The molecule has 0 spiro atoms. The summed E-state index contributed by atoms with van der Waals surface area (Å²) in [4.78, 5) is 15.9. The first kappa shape index (κ1) is 22.4. The smallest absolute Gasteiger partial charge is 0.212 e. The molecule has 0 saturated carbocycles. The van der Waals surface area contributed by atoms with Crippen LogP contribution in [0.1, 0.15) is 17.2 Å². The molecule has 1 unspecified atom stereocenters. The molecule has 10 nitrogen and oxygen atoms in total. The van der Waals surface area contributed by atoms with E-state index >= 15 is 0 Å². The topological polar surface area (TPSA) is 93.0 Å². The van der Waals surface area contributed by atoms with Crippen molar-refractivity contribution >= 4 is 16.9 Å². The highest BCUT2D eigenvalue weighted by Crippen LogP contribution is 2.44. The standard InChI is InChI=1S/C26H27N5O5/c1-32-21-9-17(10-22-25(21)36-23(15-35-22)18-3-4-24(33-2)27-12-18)14-31-16-29-20-11-19(13-28-26(20)31)30-5-7-34-8-6-30/h3-4,9-13,16,23H,5-8,14-15H2,1-2H3. The third-order valence-electron chi connectivity index (χ3n) is 6.46. The molecule has 2 aliphatic rings. The van der Waals surface area contributed by atoms with Crippen molar-refractivity contribution in [1.29, 1.82) is 0 Å². The SMILES string of the molecule is COc1ccc(C2COc3cc(Cn4cnc5cc(N6CCOCC6)cnc54)cc(OC)c3O2)cn1. The Hall–Kier alpha value is -4.05. The van der Waals surface area contributed by atoms with Crippen molar-refractivity contribution in [3.05, 3.63) is 60.2 Å². The van der Waals surface area contributed by atoms with Crippen LogP contribution in [-0.4, -0.2) is 66.6 Å². The predicted molar refractivity (Wildman–Crippen MR) is 132 cm³/mol. The molecule has 4 aromatic rings. The highest BCUT2D eigenvalue weighted by Gasteiger charge is 2.27. The van der Waals surface area contributed by atoms with Crippen LogP contribution in [0.4, 0.5) is 5.69 Å². The minimum absolute atomic E-state index is 0.293. The predicted octanol–water partition coefficient (Wildman–Crippen LogP) is 3.24. The molecule has 0 radical (unpaired) electrons. The molecule has 10 heteroatoms. The summed E-state index contributed by atoms with van der Waals surface area (Å²) in [6.45, 7) is 4.13. The largest absolute Gasteiger partial charge is 0.493 e. The Labute approximate surface area is 208 Å². The van der Waals surface area contributed by atoms with Gasteiger partial charge in [-0.15, -0.1) is 0 Å². The fraction of sp³-hybridized carbons (Fsp3) is 0.346. The van der Waals surface area contributed by atoms with Crippen molar-refractivity contribution in [3.63, 3.8) is 0 Å². The lowest BCUT2D eigenvalue weighted by Crippen LogP contribution is -2.36. The lowest BCUT2D eigenvalue weighted by Gasteiger charge is -2.28. The Balaban J connectivity index is 1.23. The zero-order chi connectivity index (χ0) is 24.5. The molecule has 3 aromatic heterocycles. The number of hydrogen-bond donors (Lipinski definition) is 0. The molecule has 0 aliphatic carbocycles. The normalized spacial score (nSPS) is 17.3. The Morgan fingerprint density at radius 3 is 2.67 bits per heavy atom. The maximum Gasteiger partial charge on any atom is 0.212 e. The van der Waals surface area contributed by atoms with Gasteiger partial charge in [0.25, 0.3) is 0 Å². The maximum atomic E-state index is 6.27. The lowest BCUT2D eigenvalue weighted by atomic mass is 10.1. The Kier molecular flexibility index (Phi) is 5.94. The zero-order valence-corrected chi connectivity index (χ0v) is 20.2. The Bertz CT molecular complexity index is 1350. The van der Waals surface area contributed by atoms with Gasteiger partial charge in [0, 0.05) is 30.9 Å². The number of rotatable bonds is 6. The molecule has 6 rings (SSSR count). The summed E-state index contributed by atoms with van der Waals surface area (Å²) in [6, 6.07) is 9.76. The maximum absolute atomic E-state index is 6.27. The van der Waals surface area contributed by atoms with Gasteiger partial charge in [-0.05, 0) is 29.8 Å². The summed E-state index contributed by atoms with van der Waals surface area (Å²) < 4.78 is 30.7. The van der Waals surface area contributed by atoms with Gasteiger partial charge in [-0.2, -0.15) is 0 Å². The fourth-order valence-electron chi connectivity index (χ4n) is 4.55. The number of fused-ring (bicyclic) bond motifs is 2. The van der Waals surface area contributed by atoms with Crippen molar-refractivity contribution < 1.29 is 23.7 Å².